The Morgan fingerprint density at radius 1 is 1.36 bits per heavy atom. The fraction of sp³-hybridized carbons (Fsp3) is 0.294. The topological polar surface area (TPSA) is 87.8 Å². The van der Waals surface area contributed by atoms with Crippen molar-refractivity contribution in [2.45, 2.75) is 26.8 Å². The molecule has 1 aromatic carbocycles. The van der Waals surface area contributed by atoms with Crippen molar-refractivity contribution in [1.82, 2.24) is 15.1 Å². The highest BCUT2D eigenvalue weighted by Gasteiger charge is 2.13. The van der Waals surface area contributed by atoms with Gasteiger partial charge in [-0.25, -0.2) is 4.68 Å². The van der Waals surface area contributed by atoms with Gasteiger partial charge in [0.25, 0.3) is 5.56 Å². The van der Waals surface area contributed by atoms with Crippen molar-refractivity contribution in [3.8, 4) is 6.07 Å². The van der Waals surface area contributed by atoms with E-state index in [4.69, 9.17) is 28.5 Å². The minimum atomic E-state index is -0.568. The number of hydrogen-bond donors (Lipinski definition) is 1. The van der Waals surface area contributed by atoms with Gasteiger partial charge in [0.05, 0.1) is 5.69 Å². The first-order chi connectivity index (χ1) is 11.8. The predicted molar refractivity (Wildman–Crippen MR) is 95.9 cm³/mol. The third kappa shape index (κ3) is 4.59. The lowest BCUT2D eigenvalue weighted by Gasteiger charge is -2.10. The zero-order valence-electron chi connectivity index (χ0n) is 13.8. The number of nitrogens with zero attached hydrogens (tertiary/aromatic N) is 3. The summed E-state index contributed by atoms with van der Waals surface area (Å²) >= 11 is 11.9. The molecule has 1 amide bonds. The largest absolute Gasteiger partial charge is 0.354 e. The lowest BCUT2D eigenvalue weighted by Crippen LogP contribution is -2.36. The molecule has 0 radical (unpaired) electrons. The molecule has 2 aromatic rings. The van der Waals surface area contributed by atoms with Gasteiger partial charge >= 0.3 is 0 Å². The Morgan fingerprint density at radius 2 is 2.08 bits per heavy atom. The molecule has 0 aliphatic carbocycles. The number of aromatic nitrogens is 2. The van der Waals surface area contributed by atoms with Crippen LogP contribution in [0.3, 0.4) is 0 Å². The number of benzene rings is 1. The van der Waals surface area contributed by atoms with Crippen LogP contribution in [0.15, 0.2) is 23.0 Å². The van der Waals surface area contributed by atoms with Crippen LogP contribution < -0.4 is 10.9 Å². The summed E-state index contributed by atoms with van der Waals surface area (Å²) in [5, 5.41) is 16.9. The second-order valence-corrected chi connectivity index (χ2v) is 6.34. The van der Waals surface area contributed by atoms with Crippen LogP contribution in [0.2, 0.25) is 10.0 Å². The number of hydrogen-bond acceptors (Lipinski definition) is 4. The molecule has 6 nitrogen and oxygen atoms in total. The van der Waals surface area contributed by atoms with E-state index in [0.717, 1.165) is 10.2 Å². The maximum absolute atomic E-state index is 12.1. The molecule has 0 saturated heterocycles. The Labute approximate surface area is 155 Å². The summed E-state index contributed by atoms with van der Waals surface area (Å²) in [6.45, 7) is 3.45. The van der Waals surface area contributed by atoms with Crippen molar-refractivity contribution in [2.24, 2.45) is 0 Å². The molecule has 0 aliphatic rings. The van der Waals surface area contributed by atoms with Crippen molar-refractivity contribution in [1.29, 1.82) is 5.26 Å². The number of nitriles is 1. The summed E-state index contributed by atoms with van der Waals surface area (Å²) in [6.07, 6.45) is 0.528. The maximum Gasteiger partial charge on any atom is 0.285 e. The van der Waals surface area contributed by atoms with Gasteiger partial charge < -0.3 is 5.32 Å². The van der Waals surface area contributed by atoms with Gasteiger partial charge in [-0.3, -0.25) is 9.59 Å². The predicted octanol–water partition coefficient (Wildman–Crippen LogP) is 2.40. The summed E-state index contributed by atoms with van der Waals surface area (Å²) < 4.78 is 1.01. The average Bonchev–Trinajstić information content (AvgIpc) is 2.55. The molecule has 0 spiro atoms. The van der Waals surface area contributed by atoms with Crippen LogP contribution in [0, 0.1) is 25.2 Å². The molecule has 1 heterocycles. The van der Waals surface area contributed by atoms with Gasteiger partial charge in [-0.15, -0.1) is 0 Å². The fourth-order valence-corrected chi connectivity index (χ4v) is 2.77. The zero-order valence-corrected chi connectivity index (χ0v) is 15.3. The standard InChI is InChI=1S/C17H16Cl2N4O2/c1-10-11(2)22-23(17(25)14(10)8-20)9-16(24)21-6-5-12-3-4-13(18)7-15(12)19/h3-4,7H,5-6,9H2,1-2H3,(H,21,24). The molecule has 2 rings (SSSR count). The highest BCUT2D eigenvalue weighted by Crippen LogP contribution is 2.21. The molecule has 130 valence electrons. The number of carbonyl (C=O) groups is 1. The first-order valence-electron chi connectivity index (χ1n) is 7.52. The second-order valence-electron chi connectivity index (χ2n) is 5.50. The Kier molecular flexibility index (Phi) is 6.18. The summed E-state index contributed by atoms with van der Waals surface area (Å²) in [5.41, 5.74) is 1.37. The minimum Gasteiger partial charge on any atom is -0.354 e. The summed E-state index contributed by atoms with van der Waals surface area (Å²) in [6, 6.07) is 7.03. The quantitative estimate of drug-likeness (QED) is 0.864. The summed E-state index contributed by atoms with van der Waals surface area (Å²) in [5.74, 6) is -0.369. The van der Waals surface area contributed by atoms with Gasteiger partial charge in [-0.05, 0) is 43.5 Å². The molecule has 0 saturated carbocycles. The van der Waals surface area contributed by atoms with E-state index in [1.807, 2.05) is 6.07 Å². The molecule has 25 heavy (non-hydrogen) atoms. The van der Waals surface area contributed by atoms with Crippen molar-refractivity contribution in [3.05, 3.63) is 61.0 Å². The Hall–Kier alpha value is -2.36. The highest BCUT2D eigenvalue weighted by atomic mass is 35.5. The first kappa shape index (κ1) is 19.0. The maximum atomic E-state index is 12.1. The third-order valence-corrected chi connectivity index (χ3v) is 4.36. The summed E-state index contributed by atoms with van der Waals surface area (Å²) in [4.78, 5) is 24.2. The number of halogens is 2. The number of amides is 1. The SMILES string of the molecule is Cc1nn(CC(=O)NCCc2ccc(Cl)cc2Cl)c(=O)c(C#N)c1C. The van der Waals surface area contributed by atoms with Gasteiger partial charge in [0.2, 0.25) is 5.91 Å². The molecule has 0 aliphatic heterocycles. The summed E-state index contributed by atoms with van der Waals surface area (Å²) in [7, 11) is 0. The third-order valence-electron chi connectivity index (χ3n) is 3.77. The van der Waals surface area contributed by atoms with E-state index in [2.05, 4.69) is 10.4 Å². The molecule has 0 atom stereocenters. The van der Waals surface area contributed by atoms with E-state index in [9.17, 15) is 9.59 Å². The molecular weight excluding hydrogens is 363 g/mol. The van der Waals surface area contributed by atoms with Gasteiger partial charge in [-0.2, -0.15) is 10.4 Å². The number of aryl methyl sites for hydroxylation is 1. The number of nitrogens with one attached hydrogen (secondary N) is 1. The van der Waals surface area contributed by atoms with Crippen LogP contribution in [0.4, 0.5) is 0 Å². The van der Waals surface area contributed by atoms with Crippen molar-refractivity contribution in [3.63, 3.8) is 0 Å². The van der Waals surface area contributed by atoms with Gasteiger partial charge in [0, 0.05) is 16.6 Å². The molecule has 0 unspecified atom stereocenters. The molecule has 8 heteroatoms. The van der Waals surface area contributed by atoms with E-state index < -0.39 is 5.56 Å². The fourth-order valence-electron chi connectivity index (χ4n) is 2.26. The monoisotopic (exact) mass is 378 g/mol. The van der Waals surface area contributed by atoms with Gasteiger partial charge in [0.1, 0.15) is 18.2 Å². The van der Waals surface area contributed by atoms with Crippen molar-refractivity contribution in [2.75, 3.05) is 6.54 Å². The zero-order chi connectivity index (χ0) is 18.6. The normalized spacial score (nSPS) is 10.4. The molecule has 1 N–H and O–H groups in total. The van der Waals surface area contributed by atoms with E-state index in [1.165, 1.54) is 0 Å². The molecule has 1 aromatic heterocycles. The van der Waals surface area contributed by atoms with Crippen LogP contribution in [0.1, 0.15) is 22.4 Å². The molecular formula is C17H16Cl2N4O2. The molecule has 0 fully saturated rings. The van der Waals surface area contributed by atoms with Gasteiger partial charge in [0.15, 0.2) is 0 Å². The average molecular weight is 379 g/mol. The van der Waals surface area contributed by atoms with E-state index in [0.29, 0.717) is 34.3 Å². The lowest BCUT2D eigenvalue weighted by atomic mass is 10.1. The van der Waals surface area contributed by atoms with Crippen LogP contribution in [0.25, 0.3) is 0 Å². The van der Waals surface area contributed by atoms with Crippen LogP contribution in [0.5, 0.6) is 0 Å². The van der Waals surface area contributed by atoms with E-state index in [1.54, 1.807) is 32.0 Å². The Balaban J connectivity index is 2.00. The van der Waals surface area contributed by atoms with Crippen molar-refractivity contribution >= 4 is 29.1 Å². The van der Waals surface area contributed by atoms with Gasteiger partial charge in [-0.1, -0.05) is 29.3 Å². The first-order valence-corrected chi connectivity index (χ1v) is 8.28. The van der Waals surface area contributed by atoms with E-state index >= 15 is 0 Å². The molecule has 0 bridgehead atoms. The van der Waals surface area contributed by atoms with E-state index in [-0.39, 0.29) is 18.0 Å². The number of carbonyl (C=O) groups excluding carboxylic acids is 1. The van der Waals surface area contributed by atoms with Crippen LogP contribution >= 0.6 is 23.2 Å². The van der Waals surface area contributed by atoms with Crippen molar-refractivity contribution < 1.29 is 4.79 Å². The van der Waals surface area contributed by atoms with Crippen LogP contribution in [-0.4, -0.2) is 22.2 Å². The second kappa shape index (κ2) is 8.15. The lowest BCUT2D eigenvalue weighted by molar-refractivity contribution is -0.121. The van der Waals surface area contributed by atoms with Crippen LogP contribution in [-0.2, 0) is 17.8 Å². The Morgan fingerprint density at radius 3 is 2.72 bits per heavy atom. The minimum absolute atomic E-state index is 0.00764. The highest BCUT2D eigenvalue weighted by molar-refractivity contribution is 6.35. The number of rotatable bonds is 5. The Bertz CT molecular complexity index is 916. The smallest absolute Gasteiger partial charge is 0.285 e.